The SMILES string of the molecule is CCCCn1c(=O)[nH]c(=O)c2c1nc(CN(C)C(C)c1ccc(S(N)(=O)=O)cc1)n2C. The summed E-state index contributed by atoms with van der Waals surface area (Å²) >= 11 is 0. The summed E-state index contributed by atoms with van der Waals surface area (Å²) in [4.78, 5) is 33.8. The second kappa shape index (κ2) is 8.77. The lowest BCUT2D eigenvalue weighted by molar-refractivity contribution is 0.245. The molecular formula is C20H28N6O4S. The third kappa shape index (κ3) is 4.63. The molecular weight excluding hydrogens is 420 g/mol. The zero-order valence-corrected chi connectivity index (χ0v) is 18.9. The number of aryl methyl sites for hydroxylation is 2. The van der Waals surface area contributed by atoms with Gasteiger partial charge < -0.3 is 4.57 Å². The average molecular weight is 449 g/mol. The maximum atomic E-state index is 12.4. The molecule has 1 atom stereocenters. The summed E-state index contributed by atoms with van der Waals surface area (Å²) in [6.45, 7) is 4.93. The Kier molecular flexibility index (Phi) is 6.48. The third-order valence-electron chi connectivity index (χ3n) is 5.58. The predicted octanol–water partition coefficient (Wildman–Crippen LogP) is 1.06. The lowest BCUT2D eigenvalue weighted by Gasteiger charge is -2.24. The standard InChI is InChI=1S/C20H28N6O4S/c1-5-6-11-26-18-17(19(27)23-20(26)28)25(4)16(22-18)12-24(3)13(2)14-7-9-15(10-8-14)31(21,29)30/h7-10,13H,5-6,11-12H2,1-4H3,(H2,21,29,30)(H,23,27,28). The number of rotatable bonds is 8. The van der Waals surface area contributed by atoms with E-state index in [2.05, 4.69) is 9.97 Å². The van der Waals surface area contributed by atoms with Crippen molar-refractivity contribution >= 4 is 21.2 Å². The summed E-state index contributed by atoms with van der Waals surface area (Å²) in [5.41, 5.74) is 0.754. The molecule has 0 fully saturated rings. The highest BCUT2D eigenvalue weighted by molar-refractivity contribution is 7.89. The van der Waals surface area contributed by atoms with Crippen LogP contribution in [-0.4, -0.2) is 39.5 Å². The number of primary sulfonamides is 1. The summed E-state index contributed by atoms with van der Waals surface area (Å²) in [6.07, 6.45) is 1.72. The molecule has 168 valence electrons. The maximum Gasteiger partial charge on any atom is 0.330 e. The van der Waals surface area contributed by atoms with E-state index in [0.29, 0.717) is 30.1 Å². The zero-order valence-electron chi connectivity index (χ0n) is 18.1. The third-order valence-corrected chi connectivity index (χ3v) is 6.51. The fourth-order valence-electron chi connectivity index (χ4n) is 3.51. The fourth-order valence-corrected chi connectivity index (χ4v) is 4.02. The van der Waals surface area contributed by atoms with Crippen molar-refractivity contribution in [2.75, 3.05) is 7.05 Å². The Morgan fingerprint density at radius 2 is 1.87 bits per heavy atom. The zero-order chi connectivity index (χ0) is 22.9. The molecule has 31 heavy (non-hydrogen) atoms. The molecule has 0 radical (unpaired) electrons. The summed E-state index contributed by atoms with van der Waals surface area (Å²) in [5.74, 6) is 0.645. The molecule has 1 unspecified atom stereocenters. The number of sulfonamides is 1. The highest BCUT2D eigenvalue weighted by Crippen LogP contribution is 2.22. The number of unbranched alkanes of at least 4 members (excludes halogenated alkanes) is 1. The van der Waals surface area contributed by atoms with Gasteiger partial charge in [0.05, 0.1) is 11.4 Å². The molecule has 3 aromatic rings. The van der Waals surface area contributed by atoms with Crippen molar-refractivity contribution in [2.45, 2.75) is 50.7 Å². The number of nitrogens with two attached hydrogens (primary N) is 1. The molecule has 1 aromatic carbocycles. The van der Waals surface area contributed by atoms with Gasteiger partial charge in [0, 0.05) is 19.6 Å². The minimum Gasteiger partial charge on any atom is -0.324 e. The molecule has 10 nitrogen and oxygen atoms in total. The largest absolute Gasteiger partial charge is 0.330 e. The first kappa shape index (κ1) is 22.9. The first-order valence-electron chi connectivity index (χ1n) is 10.1. The number of fused-ring (bicyclic) bond motifs is 1. The molecule has 2 heterocycles. The Bertz CT molecular complexity index is 1300. The Labute approximate surface area is 180 Å². The van der Waals surface area contributed by atoms with E-state index in [1.807, 2.05) is 25.8 Å². The van der Waals surface area contributed by atoms with Crippen LogP contribution in [0.1, 0.15) is 44.1 Å². The maximum absolute atomic E-state index is 12.4. The van der Waals surface area contributed by atoms with Crippen LogP contribution in [-0.2, 0) is 30.2 Å². The Morgan fingerprint density at radius 3 is 2.45 bits per heavy atom. The Balaban J connectivity index is 1.92. The van der Waals surface area contributed by atoms with Crippen molar-refractivity contribution in [3.63, 3.8) is 0 Å². The van der Waals surface area contributed by atoms with Gasteiger partial charge in [0.15, 0.2) is 11.2 Å². The molecule has 0 bridgehead atoms. The van der Waals surface area contributed by atoms with Gasteiger partial charge in [-0.1, -0.05) is 25.5 Å². The first-order chi connectivity index (χ1) is 14.5. The smallest absolute Gasteiger partial charge is 0.324 e. The second-order valence-electron chi connectivity index (χ2n) is 7.73. The van der Waals surface area contributed by atoms with Crippen LogP contribution in [0.5, 0.6) is 0 Å². The number of hydrogen-bond acceptors (Lipinski definition) is 6. The van der Waals surface area contributed by atoms with Crippen molar-refractivity contribution in [3.8, 4) is 0 Å². The number of aromatic nitrogens is 4. The molecule has 2 aromatic heterocycles. The number of H-pyrrole nitrogens is 1. The van der Waals surface area contributed by atoms with Gasteiger partial charge in [-0.05, 0) is 38.1 Å². The van der Waals surface area contributed by atoms with Gasteiger partial charge in [-0.15, -0.1) is 0 Å². The first-order valence-corrected chi connectivity index (χ1v) is 11.6. The molecule has 0 aliphatic heterocycles. The lowest BCUT2D eigenvalue weighted by atomic mass is 10.1. The van der Waals surface area contributed by atoms with E-state index in [-0.39, 0.29) is 10.9 Å². The van der Waals surface area contributed by atoms with Crippen LogP contribution in [0.3, 0.4) is 0 Å². The van der Waals surface area contributed by atoms with E-state index in [1.54, 1.807) is 23.7 Å². The number of aromatic amines is 1. The van der Waals surface area contributed by atoms with Crippen LogP contribution in [0, 0.1) is 0 Å². The lowest BCUT2D eigenvalue weighted by Crippen LogP contribution is -2.31. The van der Waals surface area contributed by atoms with Gasteiger partial charge in [-0.25, -0.2) is 23.3 Å². The van der Waals surface area contributed by atoms with Crippen molar-refractivity contribution in [1.29, 1.82) is 0 Å². The quantitative estimate of drug-likeness (QED) is 0.529. The number of benzene rings is 1. The van der Waals surface area contributed by atoms with E-state index in [1.165, 1.54) is 16.7 Å². The van der Waals surface area contributed by atoms with Crippen LogP contribution in [0.25, 0.3) is 11.2 Å². The Hall–Kier alpha value is -2.76. The molecule has 0 amide bonds. The average Bonchev–Trinajstić information content (AvgIpc) is 3.03. The van der Waals surface area contributed by atoms with Crippen LogP contribution >= 0.6 is 0 Å². The van der Waals surface area contributed by atoms with Crippen molar-refractivity contribution in [2.24, 2.45) is 12.2 Å². The summed E-state index contributed by atoms with van der Waals surface area (Å²) < 4.78 is 26.1. The predicted molar refractivity (Wildman–Crippen MR) is 118 cm³/mol. The van der Waals surface area contributed by atoms with E-state index in [9.17, 15) is 18.0 Å². The summed E-state index contributed by atoms with van der Waals surface area (Å²) in [6, 6.07) is 6.35. The van der Waals surface area contributed by atoms with Gasteiger partial charge >= 0.3 is 5.69 Å². The van der Waals surface area contributed by atoms with E-state index in [4.69, 9.17) is 5.14 Å². The molecule has 0 aliphatic carbocycles. The molecule has 0 saturated carbocycles. The number of imidazole rings is 1. The van der Waals surface area contributed by atoms with E-state index >= 15 is 0 Å². The van der Waals surface area contributed by atoms with Crippen molar-refractivity contribution in [3.05, 3.63) is 56.5 Å². The summed E-state index contributed by atoms with van der Waals surface area (Å²) in [5, 5.41) is 5.16. The van der Waals surface area contributed by atoms with Gasteiger partial charge in [0.1, 0.15) is 5.82 Å². The number of nitrogens with zero attached hydrogens (tertiary/aromatic N) is 4. The molecule has 0 saturated heterocycles. The minimum atomic E-state index is -3.74. The molecule has 3 N–H and O–H groups in total. The van der Waals surface area contributed by atoms with Crippen molar-refractivity contribution < 1.29 is 8.42 Å². The van der Waals surface area contributed by atoms with Gasteiger partial charge in [0.25, 0.3) is 5.56 Å². The minimum absolute atomic E-state index is 0.0603. The topological polar surface area (TPSA) is 136 Å². The highest BCUT2D eigenvalue weighted by atomic mass is 32.2. The number of nitrogens with one attached hydrogen (secondary N) is 1. The second-order valence-corrected chi connectivity index (χ2v) is 9.29. The normalized spacial score (nSPS) is 13.2. The van der Waals surface area contributed by atoms with Crippen LogP contribution < -0.4 is 16.4 Å². The van der Waals surface area contributed by atoms with Gasteiger partial charge in [-0.2, -0.15) is 0 Å². The number of hydrogen-bond donors (Lipinski definition) is 2. The van der Waals surface area contributed by atoms with E-state index in [0.717, 1.165) is 18.4 Å². The van der Waals surface area contributed by atoms with Crippen LogP contribution in [0.4, 0.5) is 0 Å². The van der Waals surface area contributed by atoms with Crippen LogP contribution in [0.15, 0.2) is 38.8 Å². The Morgan fingerprint density at radius 1 is 1.23 bits per heavy atom. The molecule has 3 rings (SSSR count). The monoisotopic (exact) mass is 448 g/mol. The molecule has 0 aliphatic rings. The van der Waals surface area contributed by atoms with Gasteiger partial charge in [0.2, 0.25) is 10.0 Å². The van der Waals surface area contributed by atoms with Gasteiger partial charge in [-0.3, -0.25) is 19.2 Å². The summed E-state index contributed by atoms with van der Waals surface area (Å²) in [7, 11) is -0.0738. The fraction of sp³-hybridized carbons (Fsp3) is 0.450. The van der Waals surface area contributed by atoms with E-state index < -0.39 is 21.3 Å². The highest BCUT2D eigenvalue weighted by Gasteiger charge is 2.20. The van der Waals surface area contributed by atoms with Crippen LogP contribution in [0.2, 0.25) is 0 Å². The molecule has 0 spiro atoms. The molecule has 11 heteroatoms. The van der Waals surface area contributed by atoms with Crippen molar-refractivity contribution in [1.82, 2.24) is 24.0 Å².